The summed E-state index contributed by atoms with van der Waals surface area (Å²) in [6, 6.07) is 11.3. The topological polar surface area (TPSA) is 119 Å². The number of primary amides is 1. The molecule has 0 bridgehead atoms. The highest BCUT2D eigenvalue weighted by Gasteiger charge is 2.36. The molecule has 0 saturated heterocycles. The summed E-state index contributed by atoms with van der Waals surface area (Å²) in [6.07, 6.45) is 0. The summed E-state index contributed by atoms with van der Waals surface area (Å²) in [7, 11) is -2.60. The van der Waals surface area contributed by atoms with Gasteiger partial charge in [-0.05, 0) is 29.3 Å². The lowest BCUT2D eigenvalue weighted by Crippen LogP contribution is -2.44. The third-order valence-electron chi connectivity index (χ3n) is 4.42. The predicted molar refractivity (Wildman–Crippen MR) is 103 cm³/mol. The van der Waals surface area contributed by atoms with Crippen LogP contribution in [0.5, 0.6) is 5.75 Å². The van der Waals surface area contributed by atoms with Gasteiger partial charge >= 0.3 is 0 Å². The van der Waals surface area contributed by atoms with Crippen LogP contribution in [0.4, 0.5) is 0 Å². The zero-order valence-electron chi connectivity index (χ0n) is 14.6. The number of aliphatic hydroxyl groups is 1. The van der Waals surface area contributed by atoms with Gasteiger partial charge in [0.1, 0.15) is 11.4 Å². The number of nitrogens with one attached hydrogen (secondary N) is 1. The Kier molecular flexibility index (Phi) is 5.48. The van der Waals surface area contributed by atoms with E-state index in [1.54, 1.807) is 0 Å². The minimum absolute atomic E-state index is 0.0299. The van der Waals surface area contributed by atoms with Crippen molar-refractivity contribution in [3.8, 4) is 5.75 Å². The second-order valence-electron chi connectivity index (χ2n) is 6.23. The molecule has 0 radical (unpaired) electrons. The number of thioether (sulfide) groups is 1. The van der Waals surface area contributed by atoms with Crippen molar-refractivity contribution in [2.75, 3.05) is 19.4 Å². The molecular formula is C18H20N2O5S2. The van der Waals surface area contributed by atoms with Crippen LogP contribution in [0.3, 0.4) is 0 Å². The van der Waals surface area contributed by atoms with E-state index in [4.69, 9.17) is 10.5 Å². The molecule has 0 spiro atoms. The molecule has 144 valence electrons. The molecule has 3 rings (SSSR count). The number of carbonyl (C=O) groups is 1. The molecule has 1 amide bonds. The van der Waals surface area contributed by atoms with E-state index in [1.807, 2.05) is 24.3 Å². The first-order chi connectivity index (χ1) is 12.8. The normalized spacial score (nSPS) is 19.3. The summed E-state index contributed by atoms with van der Waals surface area (Å²) in [5.74, 6) is 0.547. The van der Waals surface area contributed by atoms with Gasteiger partial charge in [0.05, 0.1) is 17.6 Å². The van der Waals surface area contributed by atoms with Crippen molar-refractivity contribution >= 4 is 27.7 Å². The summed E-state index contributed by atoms with van der Waals surface area (Å²) >= 11 is 1.54. The van der Waals surface area contributed by atoms with Crippen LogP contribution in [0.15, 0.2) is 47.4 Å². The molecule has 2 aromatic carbocycles. The Morgan fingerprint density at radius 2 is 2.07 bits per heavy atom. The van der Waals surface area contributed by atoms with E-state index in [0.717, 1.165) is 22.9 Å². The van der Waals surface area contributed by atoms with E-state index in [9.17, 15) is 18.3 Å². The van der Waals surface area contributed by atoms with Crippen molar-refractivity contribution < 1.29 is 23.1 Å². The highest BCUT2D eigenvalue weighted by atomic mass is 32.2. The molecule has 0 aliphatic carbocycles. The summed E-state index contributed by atoms with van der Waals surface area (Å²) < 4.78 is 32.8. The maximum absolute atomic E-state index is 12.7. The molecular weight excluding hydrogens is 388 g/mol. The third kappa shape index (κ3) is 3.96. The molecule has 1 aliphatic rings. The Hall–Kier alpha value is -2.07. The number of hydrogen-bond donors (Lipinski definition) is 3. The number of hydrogen-bond acceptors (Lipinski definition) is 6. The molecule has 2 aromatic rings. The quantitative estimate of drug-likeness (QED) is 0.661. The molecule has 9 heteroatoms. The number of ether oxygens (including phenoxy) is 1. The van der Waals surface area contributed by atoms with Crippen LogP contribution < -0.4 is 15.2 Å². The van der Waals surface area contributed by atoms with Gasteiger partial charge in [-0.15, -0.1) is 0 Å². The van der Waals surface area contributed by atoms with E-state index in [-0.39, 0.29) is 22.8 Å². The number of methoxy groups -OCH3 is 1. The highest BCUT2D eigenvalue weighted by molar-refractivity contribution is 7.98. The van der Waals surface area contributed by atoms with Gasteiger partial charge in [-0.25, -0.2) is 13.1 Å². The van der Waals surface area contributed by atoms with Gasteiger partial charge in [0.15, 0.2) is 0 Å². The first-order valence-electron chi connectivity index (χ1n) is 8.13. The van der Waals surface area contributed by atoms with Gasteiger partial charge in [0.2, 0.25) is 10.0 Å². The molecule has 27 heavy (non-hydrogen) atoms. The molecule has 0 fully saturated rings. The Bertz CT molecular complexity index is 977. The monoisotopic (exact) mass is 408 g/mol. The van der Waals surface area contributed by atoms with Gasteiger partial charge < -0.3 is 15.6 Å². The Morgan fingerprint density at radius 1 is 1.33 bits per heavy atom. The zero-order chi connectivity index (χ0) is 19.7. The summed E-state index contributed by atoms with van der Waals surface area (Å²) in [5, 5.41) is 11.0. The number of carbonyl (C=O) groups excluding carboxylic acids is 1. The number of sulfonamides is 1. The standard InChI is InChI=1S/C18H20N2O5S2/c1-25-16-7-6-13(8-14(16)17(19)21)27(23,24)20-10-18(22)11-26-9-12-4-2-3-5-15(12)18/h2-8,20,22H,9-11H2,1H3,(H2,19,21). The Morgan fingerprint density at radius 3 is 2.78 bits per heavy atom. The van der Waals surface area contributed by atoms with Crippen LogP contribution >= 0.6 is 11.8 Å². The number of fused-ring (bicyclic) bond motifs is 1. The fourth-order valence-electron chi connectivity index (χ4n) is 3.00. The fraction of sp³-hybridized carbons (Fsp3) is 0.278. The van der Waals surface area contributed by atoms with Gasteiger partial charge in [-0.1, -0.05) is 24.3 Å². The molecule has 0 aromatic heterocycles. The van der Waals surface area contributed by atoms with Gasteiger partial charge in [-0.3, -0.25) is 4.79 Å². The van der Waals surface area contributed by atoms with Crippen LogP contribution in [-0.4, -0.2) is 38.8 Å². The van der Waals surface area contributed by atoms with Crippen LogP contribution in [0, 0.1) is 0 Å². The SMILES string of the molecule is COc1ccc(S(=O)(=O)NCC2(O)CSCc3ccccc32)cc1C(N)=O. The van der Waals surface area contributed by atoms with E-state index >= 15 is 0 Å². The predicted octanol–water partition coefficient (Wildman–Crippen LogP) is 1.21. The molecule has 4 N–H and O–H groups in total. The maximum atomic E-state index is 12.7. The molecule has 1 atom stereocenters. The second-order valence-corrected chi connectivity index (χ2v) is 8.98. The Labute approximate surface area is 162 Å². The van der Waals surface area contributed by atoms with E-state index in [0.29, 0.717) is 5.75 Å². The van der Waals surface area contributed by atoms with E-state index < -0.39 is 21.5 Å². The van der Waals surface area contributed by atoms with Gasteiger partial charge in [0, 0.05) is 18.1 Å². The van der Waals surface area contributed by atoms with Crippen molar-refractivity contribution in [2.45, 2.75) is 16.2 Å². The number of benzene rings is 2. The fourth-order valence-corrected chi connectivity index (χ4v) is 5.28. The van der Waals surface area contributed by atoms with Crippen molar-refractivity contribution in [3.05, 3.63) is 59.2 Å². The minimum atomic E-state index is -3.96. The second kappa shape index (κ2) is 7.51. The lowest BCUT2D eigenvalue weighted by Gasteiger charge is -2.34. The smallest absolute Gasteiger partial charge is 0.252 e. The number of rotatable bonds is 6. The molecule has 0 saturated carbocycles. The van der Waals surface area contributed by atoms with Crippen molar-refractivity contribution in [1.29, 1.82) is 0 Å². The molecule has 1 unspecified atom stereocenters. The van der Waals surface area contributed by atoms with Crippen molar-refractivity contribution in [2.24, 2.45) is 5.73 Å². The minimum Gasteiger partial charge on any atom is -0.496 e. The van der Waals surface area contributed by atoms with E-state index in [1.165, 1.54) is 31.0 Å². The summed E-state index contributed by atoms with van der Waals surface area (Å²) in [6.45, 7) is -0.183. The zero-order valence-corrected chi connectivity index (χ0v) is 16.3. The third-order valence-corrected chi connectivity index (χ3v) is 7.01. The van der Waals surface area contributed by atoms with Crippen LogP contribution in [0.25, 0.3) is 0 Å². The van der Waals surface area contributed by atoms with Crippen LogP contribution in [0.2, 0.25) is 0 Å². The maximum Gasteiger partial charge on any atom is 0.252 e. The van der Waals surface area contributed by atoms with Crippen LogP contribution in [0.1, 0.15) is 21.5 Å². The van der Waals surface area contributed by atoms with E-state index in [2.05, 4.69) is 4.72 Å². The van der Waals surface area contributed by atoms with Crippen molar-refractivity contribution in [1.82, 2.24) is 4.72 Å². The highest BCUT2D eigenvalue weighted by Crippen LogP contribution is 2.36. The first-order valence-corrected chi connectivity index (χ1v) is 10.8. The van der Waals surface area contributed by atoms with Gasteiger partial charge in [0.25, 0.3) is 5.91 Å². The lowest BCUT2D eigenvalue weighted by atomic mass is 9.91. The molecule has 1 aliphatic heterocycles. The summed E-state index contributed by atoms with van der Waals surface area (Å²) in [5.41, 5.74) is 5.65. The van der Waals surface area contributed by atoms with Crippen molar-refractivity contribution in [3.63, 3.8) is 0 Å². The number of amides is 1. The lowest BCUT2D eigenvalue weighted by molar-refractivity contribution is 0.0659. The van der Waals surface area contributed by atoms with Crippen LogP contribution in [-0.2, 0) is 21.4 Å². The number of nitrogens with two attached hydrogens (primary N) is 1. The Balaban J connectivity index is 1.86. The molecule has 1 heterocycles. The molecule has 7 nitrogen and oxygen atoms in total. The summed E-state index contributed by atoms with van der Waals surface area (Å²) in [4.78, 5) is 11.4. The average molecular weight is 409 g/mol. The van der Waals surface area contributed by atoms with Gasteiger partial charge in [-0.2, -0.15) is 11.8 Å². The average Bonchev–Trinajstić information content (AvgIpc) is 2.66. The first kappa shape index (κ1) is 19.7. The largest absolute Gasteiger partial charge is 0.496 e.